The molecule has 0 radical (unpaired) electrons. The van der Waals surface area contributed by atoms with Crippen molar-refractivity contribution in [3.05, 3.63) is 48.5 Å². The number of anilines is 3. The standard InChI is InChI=1S/C13H11N5/c14-9-4-3-5-10(8-9)15-13-16-11-6-1-2-7-12(11)17-18-13/h1-8H,14H2,(H,15,16,18). The van der Waals surface area contributed by atoms with Crippen LogP contribution in [-0.4, -0.2) is 15.2 Å². The SMILES string of the molecule is Nc1cccc(Nc2nnc3ccccc3n2)c1. The monoisotopic (exact) mass is 237 g/mol. The maximum Gasteiger partial charge on any atom is 0.247 e. The summed E-state index contributed by atoms with van der Waals surface area (Å²) in [6, 6.07) is 15.0. The van der Waals surface area contributed by atoms with E-state index >= 15 is 0 Å². The zero-order valence-electron chi connectivity index (χ0n) is 9.54. The Labute approximate surface area is 104 Å². The minimum atomic E-state index is 0.458. The molecule has 2 aromatic carbocycles. The van der Waals surface area contributed by atoms with E-state index in [0.717, 1.165) is 16.7 Å². The zero-order chi connectivity index (χ0) is 12.4. The normalized spacial score (nSPS) is 10.4. The number of benzene rings is 2. The molecule has 0 spiro atoms. The van der Waals surface area contributed by atoms with Crippen LogP contribution in [0.4, 0.5) is 17.3 Å². The largest absolute Gasteiger partial charge is 0.399 e. The fourth-order valence-electron chi connectivity index (χ4n) is 1.68. The van der Waals surface area contributed by atoms with E-state index in [-0.39, 0.29) is 0 Å². The highest BCUT2D eigenvalue weighted by atomic mass is 15.2. The van der Waals surface area contributed by atoms with Crippen LogP contribution in [0.2, 0.25) is 0 Å². The van der Waals surface area contributed by atoms with Crippen LogP contribution in [0.5, 0.6) is 0 Å². The van der Waals surface area contributed by atoms with Gasteiger partial charge in [0.05, 0.1) is 5.52 Å². The molecule has 3 aromatic rings. The molecule has 0 atom stereocenters. The first kappa shape index (κ1) is 10.5. The third kappa shape index (κ3) is 2.06. The van der Waals surface area contributed by atoms with E-state index in [1.54, 1.807) is 0 Å². The Morgan fingerprint density at radius 1 is 0.889 bits per heavy atom. The van der Waals surface area contributed by atoms with Crippen molar-refractivity contribution < 1.29 is 0 Å². The molecular formula is C13H11N5. The van der Waals surface area contributed by atoms with Crippen molar-refractivity contribution in [2.45, 2.75) is 0 Å². The van der Waals surface area contributed by atoms with Crippen molar-refractivity contribution in [3.63, 3.8) is 0 Å². The second kappa shape index (κ2) is 4.29. The summed E-state index contributed by atoms with van der Waals surface area (Å²) in [6.07, 6.45) is 0. The first-order chi connectivity index (χ1) is 8.81. The van der Waals surface area contributed by atoms with Crippen molar-refractivity contribution in [1.82, 2.24) is 15.2 Å². The number of para-hydroxylation sites is 1. The Morgan fingerprint density at radius 3 is 2.56 bits per heavy atom. The molecule has 0 aliphatic carbocycles. The van der Waals surface area contributed by atoms with E-state index in [1.165, 1.54) is 0 Å². The Balaban J connectivity index is 1.95. The van der Waals surface area contributed by atoms with E-state index in [9.17, 15) is 0 Å². The van der Waals surface area contributed by atoms with Crippen LogP contribution in [0.1, 0.15) is 0 Å². The summed E-state index contributed by atoms with van der Waals surface area (Å²) in [4.78, 5) is 4.37. The smallest absolute Gasteiger partial charge is 0.247 e. The lowest BCUT2D eigenvalue weighted by Crippen LogP contribution is -1.99. The van der Waals surface area contributed by atoms with Crippen molar-refractivity contribution in [1.29, 1.82) is 0 Å². The molecule has 5 heteroatoms. The van der Waals surface area contributed by atoms with E-state index in [0.29, 0.717) is 11.6 Å². The minimum Gasteiger partial charge on any atom is -0.399 e. The van der Waals surface area contributed by atoms with E-state index in [4.69, 9.17) is 5.73 Å². The van der Waals surface area contributed by atoms with Gasteiger partial charge >= 0.3 is 0 Å². The molecule has 0 amide bonds. The first-order valence-corrected chi connectivity index (χ1v) is 5.53. The number of hydrogen-bond donors (Lipinski definition) is 2. The molecule has 0 saturated carbocycles. The van der Waals surface area contributed by atoms with Gasteiger partial charge in [0.15, 0.2) is 0 Å². The lowest BCUT2D eigenvalue weighted by Gasteiger charge is -2.05. The van der Waals surface area contributed by atoms with Gasteiger partial charge in [0.25, 0.3) is 0 Å². The molecule has 0 unspecified atom stereocenters. The Morgan fingerprint density at radius 2 is 1.72 bits per heavy atom. The zero-order valence-corrected chi connectivity index (χ0v) is 9.54. The Hall–Kier alpha value is -2.69. The number of nitrogens with one attached hydrogen (secondary N) is 1. The van der Waals surface area contributed by atoms with Crippen molar-refractivity contribution >= 4 is 28.4 Å². The van der Waals surface area contributed by atoms with Gasteiger partial charge in [-0.3, -0.25) is 0 Å². The molecule has 3 N–H and O–H groups in total. The number of nitrogen functional groups attached to an aromatic ring is 1. The average molecular weight is 237 g/mol. The summed E-state index contributed by atoms with van der Waals surface area (Å²) in [6.45, 7) is 0. The van der Waals surface area contributed by atoms with Gasteiger partial charge in [0, 0.05) is 11.4 Å². The fourth-order valence-corrected chi connectivity index (χ4v) is 1.68. The van der Waals surface area contributed by atoms with Gasteiger partial charge in [-0.2, -0.15) is 0 Å². The third-order valence-corrected chi connectivity index (χ3v) is 2.50. The van der Waals surface area contributed by atoms with Crippen LogP contribution >= 0.6 is 0 Å². The second-order valence-corrected chi connectivity index (χ2v) is 3.87. The molecular weight excluding hydrogens is 226 g/mol. The van der Waals surface area contributed by atoms with Crippen LogP contribution in [0.15, 0.2) is 48.5 Å². The van der Waals surface area contributed by atoms with Crippen molar-refractivity contribution in [3.8, 4) is 0 Å². The molecule has 5 nitrogen and oxygen atoms in total. The van der Waals surface area contributed by atoms with Crippen molar-refractivity contribution in [2.24, 2.45) is 0 Å². The van der Waals surface area contributed by atoms with Crippen LogP contribution < -0.4 is 11.1 Å². The molecule has 0 bridgehead atoms. The highest BCUT2D eigenvalue weighted by Crippen LogP contribution is 2.16. The van der Waals surface area contributed by atoms with Gasteiger partial charge in [0.1, 0.15) is 5.52 Å². The molecule has 0 fully saturated rings. The topological polar surface area (TPSA) is 76.7 Å². The number of rotatable bonds is 2. The summed E-state index contributed by atoms with van der Waals surface area (Å²) in [5.74, 6) is 0.458. The van der Waals surface area contributed by atoms with Crippen LogP contribution in [0.25, 0.3) is 11.0 Å². The maximum absolute atomic E-state index is 5.71. The van der Waals surface area contributed by atoms with Crippen molar-refractivity contribution in [2.75, 3.05) is 11.1 Å². The molecule has 1 heterocycles. The van der Waals surface area contributed by atoms with Gasteiger partial charge < -0.3 is 11.1 Å². The lowest BCUT2D eigenvalue weighted by atomic mass is 10.3. The van der Waals surface area contributed by atoms with E-state index in [1.807, 2.05) is 48.5 Å². The highest BCUT2D eigenvalue weighted by molar-refractivity contribution is 5.74. The Bertz CT molecular complexity index is 696. The van der Waals surface area contributed by atoms with E-state index in [2.05, 4.69) is 20.5 Å². The number of nitrogens with two attached hydrogens (primary N) is 1. The van der Waals surface area contributed by atoms with Gasteiger partial charge in [-0.15, -0.1) is 10.2 Å². The van der Waals surface area contributed by atoms with Crippen LogP contribution in [0, 0.1) is 0 Å². The highest BCUT2D eigenvalue weighted by Gasteiger charge is 2.01. The predicted molar refractivity (Wildman–Crippen MR) is 71.5 cm³/mol. The molecule has 1 aromatic heterocycles. The fraction of sp³-hybridized carbons (Fsp3) is 0. The van der Waals surface area contributed by atoms with Gasteiger partial charge in [-0.25, -0.2) is 4.98 Å². The van der Waals surface area contributed by atoms with Crippen LogP contribution in [-0.2, 0) is 0 Å². The van der Waals surface area contributed by atoms with Crippen LogP contribution in [0.3, 0.4) is 0 Å². The first-order valence-electron chi connectivity index (χ1n) is 5.53. The lowest BCUT2D eigenvalue weighted by molar-refractivity contribution is 1.03. The molecule has 3 rings (SSSR count). The number of fused-ring (bicyclic) bond motifs is 1. The quantitative estimate of drug-likeness (QED) is 0.669. The summed E-state index contributed by atoms with van der Waals surface area (Å²) < 4.78 is 0. The Kier molecular flexibility index (Phi) is 2.49. The second-order valence-electron chi connectivity index (χ2n) is 3.87. The number of nitrogens with zero attached hydrogens (tertiary/aromatic N) is 3. The molecule has 0 aliphatic heterocycles. The average Bonchev–Trinajstić information content (AvgIpc) is 2.39. The maximum atomic E-state index is 5.71. The molecule has 0 aliphatic rings. The molecule has 18 heavy (non-hydrogen) atoms. The van der Waals surface area contributed by atoms with E-state index < -0.39 is 0 Å². The van der Waals surface area contributed by atoms with Gasteiger partial charge in [-0.1, -0.05) is 18.2 Å². The number of hydrogen-bond acceptors (Lipinski definition) is 5. The summed E-state index contributed by atoms with van der Waals surface area (Å²) >= 11 is 0. The third-order valence-electron chi connectivity index (χ3n) is 2.50. The minimum absolute atomic E-state index is 0.458. The van der Waals surface area contributed by atoms with Gasteiger partial charge in [-0.05, 0) is 30.3 Å². The summed E-state index contributed by atoms with van der Waals surface area (Å²) in [5, 5.41) is 11.2. The summed E-state index contributed by atoms with van der Waals surface area (Å²) in [5.41, 5.74) is 8.81. The van der Waals surface area contributed by atoms with Gasteiger partial charge in [0.2, 0.25) is 5.95 Å². The molecule has 88 valence electrons. The predicted octanol–water partition coefficient (Wildman–Crippen LogP) is 2.35. The molecule has 0 saturated heterocycles. The summed E-state index contributed by atoms with van der Waals surface area (Å²) in [7, 11) is 0. The number of aromatic nitrogens is 3.